The molecule has 0 aromatic carbocycles. The van der Waals surface area contributed by atoms with Crippen LogP contribution >= 0.6 is 0 Å². The van der Waals surface area contributed by atoms with Gasteiger partial charge in [0.05, 0.1) is 0 Å². The summed E-state index contributed by atoms with van der Waals surface area (Å²) in [6, 6.07) is 0. The van der Waals surface area contributed by atoms with Crippen LogP contribution in [0.4, 0.5) is 5.82 Å². The van der Waals surface area contributed by atoms with Crippen LogP contribution in [0.5, 0.6) is 0 Å². The molecule has 1 saturated carbocycles. The predicted molar refractivity (Wildman–Crippen MR) is 59.9 cm³/mol. The first-order valence-corrected chi connectivity index (χ1v) is 5.85. The van der Waals surface area contributed by atoms with Crippen LogP contribution < -0.4 is 5.73 Å². The van der Waals surface area contributed by atoms with Crippen LogP contribution in [0.15, 0.2) is 4.63 Å². The number of nitrogens with one attached hydrogen (secondary N) is 1. The highest BCUT2D eigenvalue weighted by Crippen LogP contribution is 2.31. The highest BCUT2D eigenvalue weighted by molar-refractivity contribution is 5.61. The third-order valence-corrected chi connectivity index (χ3v) is 3.22. The number of hydrogen-bond donors (Lipinski definition) is 2. The average Bonchev–Trinajstić information content (AvgIpc) is 2.98. The van der Waals surface area contributed by atoms with E-state index in [2.05, 4.69) is 30.1 Å². The Morgan fingerprint density at radius 1 is 1.18 bits per heavy atom. The number of nitrogens with two attached hydrogens (primary N) is 1. The van der Waals surface area contributed by atoms with E-state index in [1.165, 1.54) is 32.1 Å². The maximum absolute atomic E-state index is 5.60. The molecule has 1 fully saturated rings. The van der Waals surface area contributed by atoms with Crippen molar-refractivity contribution in [1.29, 1.82) is 0 Å². The van der Waals surface area contributed by atoms with Gasteiger partial charge in [-0.1, -0.05) is 19.3 Å². The molecule has 3 rings (SSSR count). The standard InChI is InChI=1S/C10H14N6O/c11-8-7(15-17-16-8)10-12-9(13-14-10)6-4-2-1-3-5-6/h6H,1-5H2,(H2,11,16)(H,12,13,14). The summed E-state index contributed by atoms with van der Waals surface area (Å²) in [4.78, 5) is 4.43. The molecule has 1 aliphatic carbocycles. The fourth-order valence-corrected chi connectivity index (χ4v) is 2.29. The zero-order valence-corrected chi connectivity index (χ0v) is 9.39. The topological polar surface area (TPSA) is 107 Å². The number of aromatic amines is 1. The van der Waals surface area contributed by atoms with Gasteiger partial charge >= 0.3 is 0 Å². The molecule has 0 unspecified atom stereocenters. The summed E-state index contributed by atoms with van der Waals surface area (Å²) in [7, 11) is 0. The first-order chi connectivity index (χ1) is 8.34. The van der Waals surface area contributed by atoms with E-state index in [9.17, 15) is 0 Å². The van der Waals surface area contributed by atoms with E-state index in [1.807, 2.05) is 0 Å². The Bertz CT molecular complexity index is 498. The summed E-state index contributed by atoms with van der Waals surface area (Å²) in [6.07, 6.45) is 6.17. The van der Waals surface area contributed by atoms with Crippen molar-refractivity contribution < 1.29 is 4.63 Å². The first kappa shape index (κ1) is 10.2. The number of aromatic nitrogens is 5. The van der Waals surface area contributed by atoms with Crippen LogP contribution in [0.25, 0.3) is 11.5 Å². The number of H-pyrrole nitrogens is 1. The molecule has 7 nitrogen and oxygen atoms in total. The Balaban J connectivity index is 1.85. The summed E-state index contributed by atoms with van der Waals surface area (Å²) < 4.78 is 4.54. The van der Waals surface area contributed by atoms with E-state index in [0.29, 0.717) is 17.4 Å². The van der Waals surface area contributed by atoms with Gasteiger partial charge in [-0.05, 0) is 23.2 Å². The maximum Gasteiger partial charge on any atom is 0.207 e. The molecule has 0 spiro atoms. The number of rotatable bonds is 2. The van der Waals surface area contributed by atoms with Gasteiger partial charge in [-0.3, -0.25) is 5.10 Å². The summed E-state index contributed by atoms with van der Waals surface area (Å²) in [5, 5.41) is 14.3. The van der Waals surface area contributed by atoms with E-state index < -0.39 is 0 Å². The smallest absolute Gasteiger partial charge is 0.207 e. The molecule has 2 aromatic rings. The molecule has 0 atom stereocenters. The molecule has 17 heavy (non-hydrogen) atoms. The highest BCUT2D eigenvalue weighted by Gasteiger charge is 2.21. The van der Waals surface area contributed by atoms with Crippen molar-refractivity contribution in [2.24, 2.45) is 0 Å². The quantitative estimate of drug-likeness (QED) is 0.815. The average molecular weight is 234 g/mol. The Morgan fingerprint density at radius 3 is 2.71 bits per heavy atom. The van der Waals surface area contributed by atoms with Crippen molar-refractivity contribution in [1.82, 2.24) is 25.5 Å². The lowest BCUT2D eigenvalue weighted by Crippen LogP contribution is -2.06. The van der Waals surface area contributed by atoms with E-state index in [0.717, 1.165) is 5.82 Å². The van der Waals surface area contributed by atoms with E-state index in [4.69, 9.17) is 5.73 Å². The van der Waals surface area contributed by atoms with Gasteiger partial charge in [0, 0.05) is 5.92 Å². The maximum atomic E-state index is 5.60. The fourth-order valence-electron chi connectivity index (χ4n) is 2.29. The summed E-state index contributed by atoms with van der Waals surface area (Å²) in [5.74, 6) is 2.08. The molecule has 7 heteroatoms. The minimum atomic E-state index is 0.221. The minimum Gasteiger partial charge on any atom is -0.379 e. The summed E-state index contributed by atoms with van der Waals surface area (Å²) >= 11 is 0. The molecular formula is C10H14N6O. The summed E-state index contributed by atoms with van der Waals surface area (Å²) in [5.41, 5.74) is 6.00. The molecule has 3 N–H and O–H groups in total. The monoisotopic (exact) mass is 234 g/mol. The molecule has 2 heterocycles. The molecule has 0 radical (unpaired) electrons. The second kappa shape index (κ2) is 4.15. The Morgan fingerprint density at radius 2 is 2.00 bits per heavy atom. The van der Waals surface area contributed by atoms with Crippen molar-refractivity contribution in [3.05, 3.63) is 5.82 Å². The van der Waals surface area contributed by atoms with Gasteiger partial charge in [-0.25, -0.2) is 9.61 Å². The van der Waals surface area contributed by atoms with Crippen molar-refractivity contribution in [3.8, 4) is 11.5 Å². The third-order valence-electron chi connectivity index (χ3n) is 3.22. The Labute approximate surface area is 97.8 Å². The van der Waals surface area contributed by atoms with E-state index >= 15 is 0 Å². The van der Waals surface area contributed by atoms with Gasteiger partial charge in [-0.15, -0.1) is 0 Å². The fraction of sp³-hybridized carbons (Fsp3) is 0.600. The zero-order chi connectivity index (χ0) is 11.7. The van der Waals surface area contributed by atoms with Crippen LogP contribution in [0, 0.1) is 0 Å². The second-order valence-corrected chi connectivity index (χ2v) is 4.38. The molecule has 2 aromatic heterocycles. The molecule has 90 valence electrons. The lowest BCUT2D eigenvalue weighted by Gasteiger charge is -2.18. The van der Waals surface area contributed by atoms with Gasteiger partial charge in [0.25, 0.3) is 0 Å². The Hall–Kier alpha value is -1.92. The molecule has 0 bridgehead atoms. The summed E-state index contributed by atoms with van der Waals surface area (Å²) in [6.45, 7) is 0. The second-order valence-electron chi connectivity index (χ2n) is 4.38. The van der Waals surface area contributed by atoms with Gasteiger partial charge in [-0.2, -0.15) is 5.10 Å². The Kier molecular flexibility index (Phi) is 2.50. The zero-order valence-electron chi connectivity index (χ0n) is 9.39. The minimum absolute atomic E-state index is 0.221. The van der Waals surface area contributed by atoms with Crippen LogP contribution in [-0.4, -0.2) is 25.5 Å². The predicted octanol–water partition coefficient (Wildman–Crippen LogP) is 1.48. The molecule has 1 aliphatic rings. The number of nitrogens with zero attached hydrogens (tertiary/aromatic N) is 4. The van der Waals surface area contributed by atoms with Crippen LogP contribution in [-0.2, 0) is 0 Å². The molecule has 0 amide bonds. The molecule has 0 aliphatic heterocycles. The van der Waals surface area contributed by atoms with Gasteiger partial charge in [0.15, 0.2) is 11.5 Å². The van der Waals surface area contributed by atoms with E-state index in [1.54, 1.807) is 0 Å². The lowest BCUT2D eigenvalue weighted by atomic mass is 9.89. The van der Waals surface area contributed by atoms with Gasteiger partial charge in [0.1, 0.15) is 5.82 Å². The first-order valence-electron chi connectivity index (χ1n) is 5.85. The van der Waals surface area contributed by atoms with Gasteiger partial charge in [0.2, 0.25) is 5.82 Å². The van der Waals surface area contributed by atoms with Gasteiger partial charge < -0.3 is 5.73 Å². The van der Waals surface area contributed by atoms with Crippen molar-refractivity contribution >= 4 is 5.82 Å². The SMILES string of the molecule is Nc1nonc1-c1n[nH]c(C2CCCCC2)n1. The van der Waals surface area contributed by atoms with Crippen LogP contribution in [0.3, 0.4) is 0 Å². The van der Waals surface area contributed by atoms with Crippen LogP contribution in [0.2, 0.25) is 0 Å². The number of nitrogen functional groups attached to an aromatic ring is 1. The molecule has 0 saturated heterocycles. The van der Waals surface area contributed by atoms with Crippen molar-refractivity contribution in [2.45, 2.75) is 38.0 Å². The largest absolute Gasteiger partial charge is 0.379 e. The highest BCUT2D eigenvalue weighted by atomic mass is 16.6. The lowest BCUT2D eigenvalue weighted by molar-refractivity contribution is 0.310. The van der Waals surface area contributed by atoms with Crippen molar-refractivity contribution in [2.75, 3.05) is 5.73 Å². The number of hydrogen-bond acceptors (Lipinski definition) is 6. The number of anilines is 1. The third kappa shape index (κ3) is 1.88. The van der Waals surface area contributed by atoms with Crippen molar-refractivity contribution in [3.63, 3.8) is 0 Å². The molecular weight excluding hydrogens is 220 g/mol. The van der Waals surface area contributed by atoms with Crippen LogP contribution in [0.1, 0.15) is 43.8 Å². The van der Waals surface area contributed by atoms with E-state index in [-0.39, 0.29) is 5.82 Å². The normalized spacial score (nSPS) is 17.4.